The molecule has 0 atom stereocenters. The van der Waals surface area contributed by atoms with Crippen molar-refractivity contribution in [3.05, 3.63) is 29.8 Å². The largest absolute Gasteiger partial charge is 0.497 e. The van der Waals surface area contributed by atoms with Crippen LogP contribution in [0.5, 0.6) is 5.75 Å². The summed E-state index contributed by atoms with van der Waals surface area (Å²) in [6, 6.07) is 6.96. The number of hydrogen-bond acceptors (Lipinski definition) is 3. The molecule has 94 valence electrons. The molecule has 0 saturated carbocycles. The normalized spacial score (nSPS) is 11.1. The van der Waals surface area contributed by atoms with Gasteiger partial charge in [0.05, 0.1) is 7.11 Å². The van der Waals surface area contributed by atoms with Crippen molar-refractivity contribution in [2.45, 2.75) is 13.8 Å². The highest BCUT2D eigenvalue weighted by molar-refractivity contribution is 5.94. The molecule has 0 unspecified atom stereocenters. The van der Waals surface area contributed by atoms with E-state index in [-0.39, 0.29) is 17.9 Å². The summed E-state index contributed by atoms with van der Waals surface area (Å²) in [5, 5.41) is 11.9. The number of rotatable bonds is 5. The second-order valence-electron chi connectivity index (χ2n) is 4.74. The maximum Gasteiger partial charge on any atom is 0.251 e. The van der Waals surface area contributed by atoms with Gasteiger partial charge in [0.25, 0.3) is 5.91 Å². The van der Waals surface area contributed by atoms with Gasteiger partial charge >= 0.3 is 0 Å². The molecular formula is C13H19NO3. The lowest BCUT2D eigenvalue weighted by Gasteiger charge is -2.21. The van der Waals surface area contributed by atoms with Crippen molar-refractivity contribution >= 4 is 5.91 Å². The summed E-state index contributed by atoms with van der Waals surface area (Å²) < 4.78 is 5.05. The van der Waals surface area contributed by atoms with Crippen molar-refractivity contribution in [1.29, 1.82) is 0 Å². The summed E-state index contributed by atoms with van der Waals surface area (Å²) >= 11 is 0. The Hall–Kier alpha value is -1.55. The van der Waals surface area contributed by atoms with E-state index in [0.717, 1.165) is 0 Å². The van der Waals surface area contributed by atoms with Gasteiger partial charge in [-0.05, 0) is 18.2 Å². The van der Waals surface area contributed by atoms with Gasteiger partial charge in [0.15, 0.2) is 0 Å². The predicted octanol–water partition coefficient (Wildman–Crippen LogP) is 1.44. The third kappa shape index (κ3) is 4.07. The lowest BCUT2D eigenvalue weighted by Crippen LogP contribution is -2.36. The molecule has 0 heterocycles. The Balaban J connectivity index is 2.64. The Morgan fingerprint density at radius 1 is 1.47 bits per heavy atom. The third-order valence-corrected chi connectivity index (χ3v) is 2.49. The number of amides is 1. The predicted molar refractivity (Wildman–Crippen MR) is 66.2 cm³/mol. The standard InChI is InChI=1S/C13H19NO3/c1-13(2,9-15)8-14-12(16)10-5-4-6-11(7-10)17-3/h4-7,15H,8-9H2,1-3H3,(H,14,16). The Morgan fingerprint density at radius 3 is 2.76 bits per heavy atom. The number of aliphatic hydroxyl groups excluding tert-OH is 1. The highest BCUT2D eigenvalue weighted by atomic mass is 16.5. The molecular weight excluding hydrogens is 218 g/mol. The van der Waals surface area contributed by atoms with Crippen LogP contribution in [0, 0.1) is 5.41 Å². The van der Waals surface area contributed by atoms with E-state index in [9.17, 15) is 4.79 Å². The Kier molecular flexibility index (Phi) is 4.52. The van der Waals surface area contributed by atoms with Crippen LogP contribution in [0.1, 0.15) is 24.2 Å². The molecule has 1 amide bonds. The van der Waals surface area contributed by atoms with Gasteiger partial charge in [-0.3, -0.25) is 4.79 Å². The number of benzene rings is 1. The molecule has 2 N–H and O–H groups in total. The molecule has 1 aromatic rings. The van der Waals surface area contributed by atoms with Gasteiger partial charge in [0.2, 0.25) is 0 Å². The maximum atomic E-state index is 11.8. The quantitative estimate of drug-likeness (QED) is 0.814. The first-order valence-corrected chi connectivity index (χ1v) is 5.51. The molecule has 4 nitrogen and oxygen atoms in total. The van der Waals surface area contributed by atoms with Crippen LogP contribution in [0.4, 0.5) is 0 Å². The van der Waals surface area contributed by atoms with Crippen LogP contribution in [-0.4, -0.2) is 31.3 Å². The Morgan fingerprint density at radius 2 is 2.18 bits per heavy atom. The Labute approximate surface area is 102 Å². The maximum absolute atomic E-state index is 11.8. The lowest BCUT2D eigenvalue weighted by atomic mass is 9.95. The molecule has 0 fully saturated rings. The van der Waals surface area contributed by atoms with Gasteiger partial charge in [0, 0.05) is 24.1 Å². The average Bonchev–Trinajstić information content (AvgIpc) is 2.36. The van der Waals surface area contributed by atoms with Crippen LogP contribution >= 0.6 is 0 Å². The first-order chi connectivity index (χ1) is 7.98. The number of aliphatic hydroxyl groups is 1. The monoisotopic (exact) mass is 237 g/mol. The molecule has 0 radical (unpaired) electrons. The van der Waals surface area contributed by atoms with E-state index in [0.29, 0.717) is 17.9 Å². The fourth-order valence-electron chi connectivity index (χ4n) is 1.24. The van der Waals surface area contributed by atoms with Gasteiger partial charge in [-0.25, -0.2) is 0 Å². The zero-order valence-electron chi connectivity index (χ0n) is 10.5. The number of nitrogens with one attached hydrogen (secondary N) is 1. The molecule has 0 spiro atoms. The van der Waals surface area contributed by atoms with Gasteiger partial charge in [-0.15, -0.1) is 0 Å². The number of ether oxygens (including phenoxy) is 1. The molecule has 0 aliphatic carbocycles. The summed E-state index contributed by atoms with van der Waals surface area (Å²) in [6.07, 6.45) is 0. The van der Waals surface area contributed by atoms with E-state index in [1.807, 2.05) is 13.8 Å². The first-order valence-electron chi connectivity index (χ1n) is 5.51. The van der Waals surface area contributed by atoms with Crippen molar-refractivity contribution < 1.29 is 14.6 Å². The molecule has 0 bridgehead atoms. The number of carbonyl (C=O) groups is 1. The third-order valence-electron chi connectivity index (χ3n) is 2.49. The zero-order chi connectivity index (χ0) is 12.9. The highest BCUT2D eigenvalue weighted by Crippen LogP contribution is 2.14. The second kappa shape index (κ2) is 5.68. The van der Waals surface area contributed by atoms with E-state index in [2.05, 4.69) is 5.32 Å². The summed E-state index contributed by atoms with van der Waals surface area (Å²) in [6.45, 7) is 4.24. The minimum Gasteiger partial charge on any atom is -0.497 e. The van der Waals surface area contributed by atoms with Crippen LogP contribution in [0.2, 0.25) is 0 Å². The van der Waals surface area contributed by atoms with Gasteiger partial charge in [-0.2, -0.15) is 0 Å². The van der Waals surface area contributed by atoms with Crippen LogP contribution in [0.3, 0.4) is 0 Å². The number of carbonyl (C=O) groups excluding carboxylic acids is 1. The summed E-state index contributed by atoms with van der Waals surface area (Å²) in [4.78, 5) is 11.8. The van der Waals surface area contributed by atoms with Gasteiger partial charge in [0.1, 0.15) is 5.75 Å². The molecule has 0 aliphatic heterocycles. The molecule has 1 rings (SSSR count). The summed E-state index contributed by atoms with van der Waals surface area (Å²) in [5.74, 6) is 0.490. The van der Waals surface area contributed by atoms with Crippen LogP contribution in [0.15, 0.2) is 24.3 Å². The zero-order valence-corrected chi connectivity index (χ0v) is 10.5. The van der Waals surface area contributed by atoms with Crippen molar-refractivity contribution in [3.63, 3.8) is 0 Å². The highest BCUT2D eigenvalue weighted by Gasteiger charge is 2.18. The van der Waals surface area contributed by atoms with Crippen LogP contribution < -0.4 is 10.1 Å². The molecule has 4 heteroatoms. The summed E-state index contributed by atoms with van der Waals surface area (Å²) in [7, 11) is 1.56. The van der Waals surface area contributed by atoms with Crippen LogP contribution in [0.25, 0.3) is 0 Å². The van der Waals surface area contributed by atoms with Crippen molar-refractivity contribution in [2.75, 3.05) is 20.3 Å². The first kappa shape index (κ1) is 13.5. The minimum absolute atomic E-state index is 0.0331. The smallest absolute Gasteiger partial charge is 0.251 e. The minimum atomic E-state index is -0.311. The van der Waals surface area contributed by atoms with E-state index in [1.165, 1.54) is 0 Å². The van der Waals surface area contributed by atoms with E-state index >= 15 is 0 Å². The molecule has 0 saturated heterocycles. The van der Waals surface area contributed by atoms with E-state index in [4.69, 9.17) is 9.84 Å². The SMILES string of the molecule is COc1cccc(C(=O)NCC(C)(C)CO)c1. The van der Waals surface area contributed by atoms with Crippen molar-refractivity contribution in [2.24, 2.45) is 5.41 Å². The number of methoxy groups -OCH3 is 1. The van der Waals surface area contributed by atoms with Gasteiger partial charge < -0.3 is 15.2 Å². The number of hydrogen-bond donors (Lipinski definition) is 2. The topological polar surface area (TPSA) is 58.6 Å². The van der Waals surface area contributed by atoms with Crippen LogP contribution in [-0.2, 0) is 0 Å². The average molecular weight is 237 g/mol. The Bertz CT molecular complexity index is 388. The van der Waals surface area contributed by atoms with Crippen molar-refractivity contribution in [3.8, 4) is 5.75 Å². The van der Waals surface area contributed by atoms with Crippen molar-refractivity contribution in [1.82, 2.24) is 5.32 Å². The van der Waals surface area contributed by atoms with E-state index < -0.39 is 0 Å². The van der Waals surface area contributed by atoms with E-state index in [1.54, 1.807) is 31.4 Å². The fourth-order valence-corrected chi connectivity index (χ4v) is 1.24. The molecule has 0 aliphatic rings. The molecule has 1 aromatic carbocycles. The fraction of sp³-hybridized carbons (Fsp3) is 0.462. The summed E-state index contributed by atoms with van der Waals surface area (Å²) in [5.41, 5.74) is 0.243. The second-order valence-corrected chi connectivity index (χ2v) is 4.74. The lowest BCUT2D eigenvalue weighted by molar-refractivity contribution is 0.0910. The molecule has 0 aromatic heterocycles. The molecule has 17 heavy (non-hydrogen) atoms. The van der Waals surface area contributed by atoms with Gasteiger partial charge in [-0.1, -0.05) is 19.9 Å².